The minimum atomic E-state index is -4.10. The monoisotopic (exact) mass is 174 g/mol. The van der Waals surface area contributed by atoms with Crippen LogP contribution in [-0.2, 0) is 10.1 Å². The van der Waals surface area contributed by atoms with Crippen molar-refractivity contribution in [1.82, 2.24) is 5.32 Å². The van der Waals surface area contributed by atoms with Gasteiger partial charge in [-0.2, -0.15) is 8.42 Å². The minimum Gasteiger partial charge on any atom is -0.350 e. The Balaban J connectivity index is 0.00000121. The van der Waals surface area contributed by atoms with Gasteiger partial charge in [-0.1, -0.05) is 12.2 Å². The molecule has 0 aromatic heterocycles. The summed E-state index contributed by atoms with van der Waals surface area (Å²) in [7, 11) is -4.10. The molecule has 0 aromatic rings. The van der Waals surface area contributed by atoms with Gasteiger partial charge in [-0.3, -0.25) is 4.55 Å². The van der Waals surface area contributed by atoms with Gasteiger partial charge in [0.25, 0.3) is 0 Å². The number of nitrogens with one attached hydrogen (secondary N) is 1. The van der Waals surface area contributed by atoms with E-state index < -0.39 is 10.1 Å². The number of rotatable bonds is 1. The lowest BCUT2D eigenvalue weighted by Gasteiger charge is -1.99. The van der Waals surface area contributed by atoms with Crippen LogP contribution in [0.25, 0.3) is 0 Å². The molecular formula is C6H8NO3S+. The Hall–Kier alpha value is -1.07. The summed E-state index contributed by atoms with van der Waals surface area (Å²) in [5, 5.41) is 2.18. The van der Waals surface area contributed by atoms with Crippen molar-refractivity contribution in [3.05, 3.63) is 35.5 Å². The van der Waals surface area contributed by atoms with E-state index in [1.54, 1.807) is 12.2 Å². The van der Waals surface area contributed by atoms with Gasteiger partial charge in [-0.25, -0.2) is 0 Å². The molecule has 1 rings (SSSR count). The van der Waals surface area contributed by atoms with Crippen molar-refractivity contribution in [1.29, 1.82) is 0 Å². The smallest absolute Gasteiger partial charge is 0.350 e. The van der Waals surface area contributed by atoms with Crippen LogP contribution in [-0.4, -0.2) is 13.0 Å². The van der Waals surface area contributed by atoms with Gasteiger partial charge in [0.15, 0.2) is 5.03 Å². The third-order valence-corrected chi connectivity index (χ3v) is 1.88. The van der Waals surface area contributed by atoms with E-state index in [9.17, 15) is 8.42 Å². The Kier molecular flexibility index (Phi) is 2.11. The van der Waals surface area contributed by atoms with E-state index >= 15 is 0 Å². The summed E-state index contributed by atoms with van der Waals surface area (Å²) in [5.41, 5.74) is 0. The van der Waals surface area contributed by atoms with Crippen molar-refractivity contribution in [3.63, 3.8) is 0 Å². The third kappa shape index (κ3) is 2.21. The average molecular weight is 174 g/mol. The van der Waals surface area contributed by atoms with Crippen molar-refractivity contribution in [3.8, 4) is 0 Å². The Morgan fingerprint density at radius 3 is 2.73 bits per heavy atom. The van der Waals surface area contributed by atoms with E-state index in [0.29, 0.717) is 0 Å². The van der Waals surface area contributed by atoms with E-state index in [1.165, 1.54) is 18.4 Å². The molecule has 4 nitrogen and oxygen atoms in total. The quantitative estimate of drug-likeness (QED) is 0.568. The van der Waals surface area contributed by atoms with Gasteiger partial charge < -0.3 is 5.32 Å². The normalized spacial score (nSPS) is 17.0. The molecule has 2 N–H and O–H groups in total. The topological polar surface area (TPSA) is 66.4 Å². The van der Waals surface area contributed by atoms with Crippen LogP contribution in [0.4, 0.5) is 0 Å². The highest BCUT2D eigenvalue weighted by molar-refractivity contribution is 7.89. The Bertz CT molecular complexity index is 329. The van der Waals surface area contributed by atoms with Crippen LogP contribution >= 0.6 is 0 Å². The molecule has 0 aliphatic carbocycles. The van der Waals surface area contributed by atoms with Gasteiger partial charge in [0, 0.05) is 6.20 Å². The summed E-state index contributed by atoms with van der Waals surface area (Å²) in [5.74, 6) is 0. The van der Waals surface area contributed by atoms with E-state index in [2.05, 4.69) is 5.32 Å². The van der Waals surface area contributed by atoms with Crippen molar-refractivity contribution < 1.29 is 14.4 Å². The van der Waals surface area contributed by atoms with E-state index in [4.69, 9.17) is 4.55 Å². The first-order chi connectivity index (χ1) is 5.11. The molecule has 1 aliphatic rings. The molecular weight excluding hydrogens is 166 g/mol. The molecule has 60 valence electrons. The molecule has 0 unspecified atom stereocenters. The maximum atomic E-state index is 10.5. The molecule has 0 saturated heterocycles. The predicted molar refractivity (Wildman–Crippen MR) is 42.2 cm³/mol. The summed E-state index contributed by atoms with van der Waals surface area (Å²) in [6.45, 7) is 0. The minimum absolute atomic E-state index is 0. The molecule has 0 fully saturated rings. The first-order valence-corrected chi connectivity index (χ1v) is 4.32. The molecule has 0 amide bonds. The SMILES string of the molecule is O=S(=O)(O)C1=CC=CC=CN1.[H+]. The fourth-order valence-corrected chi connectivity index (χ4v) is 1.07. The van der Waals surface area contributed by atoms with Crippen molar-refractivity contribution >= 4 is 10.1 Å². The lowest BCUT2D eigenvalue weighted by Crippen LogP contribution is -2.14. The maximum absolute atomic E-state index is 10.5. The zero-order valence-corrected chi connectivity index (χ0v) is 6.38. The molecule has 1 heterocycles. The van der Waals surface area contributed by atoms with Crippen molar-refractivity contribution in [2.45, 2.75) is 0 Å². The van der Waals surface area contributed by atoms with Crippen LogP contribution in [0.15, 0.2) is 35.5 Å². The van der Waals surface area contributed by atoms with Crippen LogP contribution < -0.4 is 5.32 Å². The van der Waals surface area contributed by atoms with Crippen molar-refractivity contribution in [2.75, 3.05) is 0 Å². The standard InChI is InChI=1S/C6H7NO3S/c8-11(9,10)6-4-2-1-3-5-7-6/h1-5,7H,(H,8,9,10)/p+1. The molecule has 0 spiro atoms. The third-order valence-electron chi connectivity index (χ3n) is 1.07. The van der Waals surface area contributed by atoms with Crippen molar-refractivity contribution in [2.24, 2.45) is 0 Å². The zero-order valence-electron chi connectivity index (χ0n) is 6.56. The Morgan fingerprint density at radius 2 is 2.09 bits per heavy atom. The molecule has 1 aliphatic heterocycles. The Labute approximate surface area is 66.2 Å². The molecule has 5 heteroatoms. The summed E-state index contributed by atoms with van der Waals surface area (Å²) < 4.78 is 29.5. The number of hydrogen-bond acceptors (Lipinski definition) is 3. The largest absolute Gasteiger partial charge is 1.00 e. The number of hydrogen-bond donors (Lipinski definition) is 2. The zero-order chi connectivity index (χ0) is 8.32. The summed E-state index contributed by atoms with van der Waals surface area (Å²) in [4.78, 5) is 0. The second-order valence-corrected chi connectivity index (χ2v) is 3.28. The van der Waals surface area contributed by atoms with Crippen LogP contribution in [0, 0.1) is 0 Å². The highest BCUT2D eigenvalue weighted by atomic mass is 32.2. The molecule has 0 saturated carbocycles. The van der Waals surface area contributed by atoms with Gasteiger partial charge in [0.1, 0.15) is 0 Å². The van der Waals surface area contributed by atoms with Gasteiger partial charge in [0.05, 0.1) is 0 Å². The Morgan fingerprint density at radius 1 is 1.36 bits per heavy atom. The lowest BCUT2D eigenvalue weighted by atomic mass is 10.5. The van der Waals surface area contributed by atoms with E-state index in [-0.39, 0.29) is 6.46 Å². The molecule has 0 aromatic carbocycles. The summed E-state index contributed by atoms with van der Waals surface area (Å²) in [6, 6.07) is 0. The second kappa shape index (κ2) is 2.89. The van der Waals surface area contributed by atoms with Crippen LogP contribution in [0.5, 0.6) is 0 Å². The van der Waals surface area contributed by atoms with Gasteiger partial charge in [0.2, 0.25) is 0 Å². The van der Waals surface area contributed by atoms with Crippen LogP contribution in [0.3, 0.4) is 0 Å². The average Bonchev–Trinajstić information content (AvgIpc) is 2.10. The summed E-state index contributed by atoms with van der Waals surface area (Å²) >= 11 is 0. The first-order valence-electron chi connectivity index (χ1n) is 2.88. The molecule has 11 heavy (non-hydrogen) atoms. The molecule has 0 atom stereocenters. The lowest BCUT2D eigenvalue weighted by molar-refractivity contribution is 0.488. The number of allylic oxidation sites excluding steroid dienone is 4. The summed E-state index contributed by atoms with van der Waals surface area (Å²) in [6.07, 6.45) is 7.47. The fourth-order valence-electron chi connectivity index (χ4n) is 0.601. The fraction of sp³-hybridized carbons (Fsp3) is 0. The maximum Gasteiger partial charge on any atom is 1.00 e. The van der Waals surface area contributed by atoms with Crippen LogP contribution in [0.2, 0.25) is 0 Å². The van der Waals surface area contributed by atoms with Gasteiger partial charge in [-0.15, -0.1) is 0 Å². The highest BCUT2D eigenvalue weighted by Crippen LogP contribution is 2.02. The highest BCUT2D eigenvalue weighted by Gasteiger charge is 2.10. The predicted octanol–water partition coefficient (Wildman–Crippen LogP) is 0.501. The second-order valence-electron chi connectivity index (χ2n) is 1.89. The van der Waals surface area contributed by atoms with Crippen LogP contribution in [0.1, 0.15) is 1.43 Å². The van der Waals surface area contributed by atoms with E-state index in [0.717, 1.165) is 0 Å². The molecule has 0 radical (unpaired) electrons. The van der Waals surface area contributed by atoms with Gasteiger partial charge in [-0.05, 0) is 12.2 Å². The first kappa shape index (κ1) is 8.03. The molecule has 0 bridgehead atoms. The van der Waals surface area contributed by atoms with Gasteiger partial charge >= 0.3 is 11.5 Å². The van der Waals surface area contributed by atoms with E-state index in [1.807, 2.05) is 0 Å².